The predicted molar refractivity (Wildman–Crippen MR) is 97.6 cm³/mol. The van der Waals surface area contributed by atoms with Crippen molar-refractivity contribution < 1.29 is 24.2 Å². The van der Waals surface area contributed by atoms with Gasteiger partial charge in [0.2, 0.25) is 6.79 Å². The highest BCUT2D eigenvalue weighted by atomic mass is 79.9. The normalized spacial score (nSPS) is 20.4. The average Bonchev–Trinajstić information content (AvgIpc) is 3.17. The zero-order valence-electron chi connectivity index (χ0n) is 14.0. The molecule has 2 aromatic rings. The molecular formula is C19H16BrNO5. The maximum atomic E-state index is 12.8. The molecule has 2 aromatic carbocycles. The number of aliphatic hydroxyl groups is 1. The number of likely N-dealkylation sites (N-methyl/N-ethyl adjacent to an activating group) is 1. The smallest absolute Gasteiger partial charge is 0.264 e. The van der Waals surface area contributed by atoms with E-state index in [0.717, 1.165) is 4.47 Å². The Morgan fingerprint density at radius 3 is 2.77 bits per heavy atom. The number of Topliss-reactive ketones (excluding diaryl/α,β-unsaturated/α-hetero) is 1. The minimum absolute atomic E-state index is 0.113. The molecule has 0 saturated heterocycles. The third-order valence-corrected chi connectivity index (χ3v) is 5.21. The van der Waals surface area contributed by atoms with Crippen LogP contribution in [0.2, 0.25) is 0 Å². The Kier molecular flexibility index (Phi) is 4.00. The standard InChI is InChI=1S/C19H16BrNO5/c1-2-21-14-5-4-12(20)8-13(14)19(24,18(21)23)9-15(22)11-3-6-16-17(7-11)26-10-25-16/h3-8,24H,2,9-10H2,1H3/t19-/m1/s1. The summed E-state index contributed by atoms with van der Waals surface area (Å²) >= 11 is 3.37. The van der Waals surface area contributed by atoms with Crippen LogP contribution < -0.4 is 14.4 Å². The number of rotatable bonds is 4. The molecule has 2 aliphatic heterocycles. The molecule has 0 fully saturated rings. The molecule has 6 nitrogen and oxygen atoms in total. The van der Waals surface area contributed by atoms with E-state index in [-0.39, 0.29) is 19.0 Å². The van der Waals surface area contributed by atoms with Gasteiger partial charge in [-0.15, -0.1) is 0 Å². The molecule has 26 heavy (non-hydrogen) atoms. The minimum atomic E-state index is -1.89. The zero-order chi connectivity index (χ0) is 18.5. The number of hydrogen-bond donors (Lipinski definition) is 1. The summed E-state index contributed by atoms with van der Waals surface area (Å²) in [5, 5.41) is 11.2. The van der Waals surface area contributed by atoms with Gasteiger partial charge in [0.25, 0.3) is 5.91 Å². The van der Waals surface area contributed by atoms with Crippen molar-refractivity contribution in [2.75, 3.05) is 18.2 Å². The van der Waals surface area contributed by atoms with Crippen LogP contribution in [0.1, 0.15) is 29.3 Å². The summed E-state index contributed by atoms with van der Waals surface area (Å²) in [5.74, 6) is 0.229. The maximum Gasteiger partial charge on any atom is 0.264 e. The Labute approximate surface area is 158 Å². The Balaban J connectivity index is 1.70. The van der Waals surface area contributed by atoms with E-state index in [4.69, 9.17) is 9.47 Å². The van der Waals surface area contributed by atoms with Crippen LogP contribution in [0.5, 0.6) is 11.5 Å². The third kappa shape index (κ3) is 2.50. The Morgan fingerprint density at radius 1 is 1.23 bits per heavy atom. The number of hydrogen-bond acceptors (Lipinski definition) is 5. The molecule has 0 saturated carbocycles. The Morgan fingerprint density at radius 2 is 2.00 bits per heavy atom. The van der Waals surface area contributed by atoms with E-state index in [1.807, 2.05) is 6.92 Å². The topological polar surface area (TPSA) is 76.1 Å². The van der Waals surface area contributed by atoms with E-state index in [1.165, 1.54) is 4.90 Å². The minimum Gasteiger partial charge on any atom is -0.454 e. The van der Waals surface area contributed by atoms with Gasteiger partial charge in [0.1, 0.15) is 0 Å². The van der Waals surface area contributed by atoms with Crippen molar-refractivity contribution in [2.24, 2.45) is 0 Å². The molecule has 1 atom stereocenters. The highest BCUT2D eigenvalue weighted by molar-refractivity contribution is 9.10. The van der Waals surface area contributed by atoms with Crippen LogP contribution >= 0.6 is 15.9 Å². The molecule has 134 valence electrons. The number of halogens is 1. The predicted octanol–water partition coefficient (Wildman–Crippen LogP) is 3.00. The van der Waals surface area contributed by atoms with Gasteiger partial charge >= 0.3 is 0 Å². The van der Waals surface area contributed by atoms with Gasteiger partial charge in [0.05, 0.1) is 12.1 Å². The van der Waals surface area contributed by atoms with Gasteiger partial charge in [-0.2, -0.15) is 0 Å². The second-order valence-electron chi connectivity index (χ2n) is 6.24. The lowest BCUT2D eigenvalue weighted by Crippen LogP contribution is -2.41. The van der Waals surface area contributed by atoms with E-state index in [2.05, 4.69) is 15.9 Å². The molecule has 2 aliphatic rings. The van der Waals surface area contributed by atoms with Gasteiger partial charge in [-0.3, -0.25) is 9.59 Å². The number of carbonyl (C=O) groups excluding carboxylic acids is 2. The summed E-state index contributed by atoms with van der Waals surface area (Å²) < 4.78 is 11.3. The Hall–Kier alpha value is -2.38. The molecule has 7 heteroatoms. The van der Waals surface area contributed by atoms with Crippen LogP contribution in [0.25, 0.3) is 0 Å². The first-order valence-electron chi connectivity index (χ1n) is 8.21. The SMILES string of the molecule is CCN1C(=O)[C@@](O)(CC(=O)c2ccc3c(c2)OCO3)c2cc(Br)ccc21. The summed E-state index contributed by atoms with van der Waals surface area (Å²) in [6.07, 6.45) is -0.342. The van der Waals surface area contributed by atoms with Gasteiger partial charge < -0.3 is 19.5 Å². The van der Waals surface area contributed by atoms with E-state index in [0.29, 0.717) is 34.9 Å². The number of nitrogens with zero attached hydrogens (tertiary/aromatic N) is 1. The van der Waals surface area contributed by atoms with Crippen LogP contribution in [0.4, 0.5) is 5.69 Å². The van der Waals surface area contributed by atoms with Gasteiger partial charge in [0, 0.05) is 22.1 Å². The summed E-state index contributed by atoms with van der Waals surface area (Å²) in [5.41, 5.74) is -0.459. The monoisotopic (exact) mass is 417 g/mol. The fourth-order valence-corrected chi connectivity index (χ4v) is 3.77. The summed E-state index contributed by atoms with van der Waals surface area (Å²) in [6.45, 7) is 2.35. The van der Waals surface area contributed by atoms with Crippen LogP contribution in [0.15, 0.2) is 40.9 Å². The lowest BCUT2D eigenvalue weighted by molar-refractivity contribution is -0.135. The third-order valence-electron chi connectivity index (χ3n) is 4.72. The van der Waals surface area contributed by atoms with Crippen molar-refractivity contribution in [3.8, 4) is 11.5 Å². The molecule has 0 aromatic heterocycles. The first-order valence-corrected chi connectivity index (χ1v) is 9.00. The first-order chi connectivity index (χ1) is 12.4. The van der Waals surface area contributed by atoms with Crippen molar-refractivity contribution in [1.82, 2.24) is 0 Å². The lowest BCUT2D eigenvalue weighted by Gasteiger charge is -2.22. The molecule has 1 amide bonds. The number of carbonyl (C=O) groups is 2. The molecule has 2 heterocycles. The number of ketones is 1. The van der Waals surface area contributed by atoms with Crippen molar-refractivity contribution >= 4 is 33.3 Å². The average molecular weight is 418 g/mol. The maximum absolute atomic E-state index is 12.8. The lowest BCUT2D eigenvalue weighted by atomic mass is 9.88. The number of fused-ring (bicyclic) bond motifs is 2. The quantitative estimate of drug-likeness (QED) is 0.773. The fraction of sp³-hybridized carbons (Fsp3) is 0.263. The van der Waals surface area contributed by atoms with Crippen molar-refractivity contribution in [2.45, 2.75) is 18.9 Å². The van der Waals surface area contributed by atoms with Crippen molar-refractivity contribution in [3.05, 3.63) is 52.0 Å². The number of benzene rings is 2. The number of amides is 1. The van der Waals surface area contributed by atoms with Crippen molar-refractivity contribution in [1.29, 1.82) is 0 Å². The summed E-state index contributed by atoms with van der Waals surface area (Å²) in [7, 11) is 0. The van der Waals surface area contributed by atoms with E-state index in [1.54, 1.807) is 36.4 Å². The van der Waals surface area contributed by atoms with Crippen LogP contribution in [-0.2, 0) is 10.4 Å². The molecular weight excluding hydrogens is 402 g/mol. The van der Waals surface area contributed by atoms with Gasteiger partial charge in [-0.25, -0.2) is 0 Å². The molecule has 0 aliphatic carbocycles. The Bertz CT molecular complexity index is 928. The molecule has 0 spiro atoms. The van der Waals surface area contributed by atoms with Gasteiger partial charge in [-0.1, -0.05) is 15.9 Å². The second kappa shape index (κ2) is 6.10. The van der Waals surface area contributed by atoms with Gasteiger partial charge in [-0.05, 0) is 43.3 Å². The van der Waals surface area contributed by atoms with Crippen LogP contribution in [0, 0.1) is 0 Å². The highest BCUT2D eigenvalue weighted by Crippen LogP contribution is 2.44. The molecule has 0 radical (unpaired) electrons. The second-order valence-corrected chi connectivity index (χ2v) is 7.15. The van der Waals surface area contributed by atoms with E-state index < -0.39 is 11.5 Å². The van der Waals surface area contributed by atoms with E-state index in [9.17, 15) is 14.7 Å². The first kappa shape index (κ1) is 17.1. The fourth-order valence-electron chi connectivity index (χ4n) is 3.41. The summed E-state index contributed by atoms with van der Waals surface area (Å²) in [6, 6.07) is 10.1. The number of ether oxygens (including phenoxy) is 2. The largest absolute Gasteiger partial charge is 0.454 e. The summed E-state index contributed by atoms with van der Waals surface area (Å²) in [4.78, 5) is 27.1. The molecule has 1 N–H and O–H groups in total. The highest BCUT2D eigenvalue weighted by Gasteiger charge is 2.50. The molecule has 4 rings (SSSR count). The van der Waals surface area contributed by atoms with Crippen molar-refractivity contribution in [3.63, 3.8) is 0 Å². The molecule has 0 bridgehead atoms. The zero-order valence-corrected chi connectivity index (χ0v) is 15.6. The van der Waals surface area contributed by atoms with Crippen LogP contribution in [-0.4, -0.2) is 30.1 Å². The van der Waals surface area contributed by atoms with E-state index >= 15 is 0 Å². The number of anilines is 1. The molecule has 0 unspecified atom stereocenters. The van der Waals surface area contributed by atoms with Gasteiger partial charge in [0.15, 0.2) is 22.9 Å². The van der Waals surface area contributed by atoms with Crippen LogP contribution in [0.3, 0.4) is 0 Å².